The molecule has 0 fully saturated rings. The van der Waals surface area contributed by atoms with Crippen LogP contribution in [0.2, 0.25) is 0 Å². The number of aromatic carboxylic acids is 1. The van der Waals surface area contributed by atoms with E-state index < -0.39 is 5.97 Å². The zero-order valence-corrected chi connectivity index (χ0v) is 11.8. The minimum atomic E-state index is -1.10. The first-order valence-corrected chi connectivity index (χ1v) is 6.74. The third-order valence-corrected chi connectivity index (χ3v) is 3.18. The molecule has 0 radical (unpaired) electrons. The highest BCUT2D eigenvalue weighted by Gasteiger charge is 2.14. The van der Waals surface area contributed by atoms with Crippen molar-refractivity contribution < 1.29 is 14.7 Å². The molecule has 4 nitrogen and oxygen atoms in total. The van der Waals surface area contributed by atoms with E-state index in [1.807, 2.05) is 25.1 Å². The second kappa shape index (κ2) is 6.70. The van der Waals surface area contributed by atoms with Crippen molar-refractivity contribution in [3.05, 3.63) is 70.8 Å². The van der Waals surface area contributed by atoms with Gasteiger partial charge in [0.2, 0.25) is 0 Å². The molecule has 4 heteroatoms. The molecule has 2 aromatic carbocycles. The second-order valence-corrected chi connectivity index (χ2v) is 4.85. The van der Waals surface area contributed by atoms with Gasteiger partial charge < -0.3 is 10.4 Å². The Morgan fingerprint density at radius 3 is 2.43 bits per heavy atom. The van der Waals surface area contributed by atoms with Gasteiger partial charge in [-0.1, -0.05) is 42.0 Å². The van der Waals surface area contributed by atoms with E-state index in [0.717, 1.165) is 5.56 Å². The standard InChI is InChI=1S/C17H17NO3/c1-12-5-4-6-13(11-12)9-10-18-16(19)14-7-2-3-8-15(14)17(20)21/h2-8,11H,9-10H2,1H3,(H,18,19)(H,20,21). The molecular weight excluding hydrogens is 266 g/mol. The van der Waals surface area contributed by atoms with Crippen molar-refractivity contribution in [2.75, 3.05) is 6.54 Å². The molecule has 1 amide bonds. The SMILES string of the molecule is Cc1cccc(CCNC(=O)c2ccccc2C(=O)O)c1. The molecule has 0 saturated carbocycles. The maximum absolute atomic E-state index is 12.1. The minimum Gasteiger partial charge on any atom is -0.478 e. The van der Waals surface area contributed by atoms with Crippen molar-refractivity contribution >= 4 is 11.9 Å². The van der Waals surface area contributed by atoms with Crippen molar-refractivity contribution in [1.82, 2.24) is 5.32 Å². The first kappa shape index (κ1) is 14.8. The van der Waals surface area contributed by atoms with Crippen LogP contribution in [-0.4, -0.2) is 23.5 Å². The molecule has 0 unspecified atom stereocenters. The number of rotatable bonds is 5. The number of carboxylic acid groups (broad SMARTS) is 1. The van der Waals surface area contributed by atoms with Crippen LogP contribution in [0.3, 0.4) is 0 Å². The normalized spacial score (nSPS) is 10.1. The fourth-order valence-electron chi connectivity index (χ4n) is 2.15. The van der Waals surface area contributed by atoms with Crippen LogP contribution in [0.25, 0.3) is 0 Å². The van der Waals surface area contributed by atoms with Gasteiger partial charge >= 0.3 is 5.97 Å². The van der Waals surface area contributed by atoms with Crippen LogP contribution >= 0.6 is 0 Å². The number of carboxylic acids is 1. The summed E-state index contributed by atoms with van der Waals surface area (Å²) < 4.78 is 0. The number of aryl methyl sites for hydroxylation is 1. The molecule has 0 aliphatic carbocycles. The van der Waals surface area contributed by atoms with Gasteiger partial charge in [-0.05, 0) is 31.0 Å². The van der Waals surface area contributed by atoms with Crippen LogP contribution in [0.4, 0.5) is 0 Å². The molecule has 21 heavy (non-hydrogen) atoms. The summed E-state index contributed by atoms with van der Waals surface area (Å²) in [5.41, 5.74) is 2.52. The van der Waals surface area contributed by atoms with Gasteiger partial charge in [-0.2, -0.15) is 0 Å². The van der Waals surface area contributed by atoms with Crippen LogP contribution in [-0.2, 0) is 6.42 Å². The Bertz CT molecular complexity index is 665. The Morgan fingerprint density at radius 2 is 1.76 bits per heavy atom. The van der Waals surface area contributed by atoms with E-state index in [4.69, 9.17) is 5.11 Å². The van der Waals surface area contributed by atoms with E-state index in [1.165, 1.54) is 17.7 Å². The lowest BCUT2D eigenvalue weighted by atomic mass is 10.1. The molecule has 0 spiro atoms. The summed E-state index contributed by atoms with van der Waals surface area (Å²) in [7, 11) is 0. The maximum atomic E-state index is 12.1. The predicted octanol–water partition coefficient (Wildman–Crippen LogP) is 2.67. The summed E-state index contributed by atoms with van der Waals surface area (Å²) in [6.07, 6.45) is 0.711. The van der Waals surface area contributed by atoms with E-state index in [1.54, 1.807) is 12.1 Å². The molecule has 0 bridgehead atoms. The van der Waals surface area contributed by atoms with Crippen LogP contribution < -0.4 is 5.32 Å². The molecule has 2 rings (SSSR count). The topological polar surface area (TPSA) is 66.4 Å². The Labute approximate surface area is 123 Å². The summed E-state index contributed by atoms with van der Waals surface area (Å²) in [5, 5.41) is 11.8. The van der Waals surface area contributed by atoms with Crippen molar-refractivity contribution in [2.45, 2.75) is 13.3 Å². The van der Waals surface area contributed by atoms with Gasteiger partial charge in [0.15, 0.2) is 0 Å². The summed E-state index contributed by atoms with van der Waals surface area (Å²) in [6.45, 7) is 2.49. The quantitative estimate of drug-likeness (QED) is 0.886. The van der Waals surface area contributed by atoms with Crippen molar-refractivity contribution in [2.24, 2.45) is 0 Å². The highest BCUT2D eigenvalue weighted by atomic mass is 16.4. The lowest BCUT2D eigenvalue weighted by Gasteiger charge is -2.08. The van der Waals surface area contributed by atoms with Crippen LogP contribution in [0.5, 0.6) is 0 Å². The van der Waals surface area contributed by atoms with Gasteiger partial charge in [-0.15, -0.1) is 0 Å². The molecule has 0 atom stereocenters. The molecule has 0 aromatic heterocycles. The van der Waals surface area contributed by atoms with E-state index >= 15 is 0 Å². The van der Waals surface area contributed by atoms with E-state index in [0.29, 0.717) is 13.0 Å². The van der Waals surface area contributed by atoms with Gasteiger partial charge in [0.05, 0.1) is 11.1 Å². The molecule has 2 aromatic rings. The largest absolute Gasteiger partial charge is 0.478 e. The van der Waals surface area contributed by atoms with Gasteiger partial charge in [-0.3, -0.25) is 4.79 Å². The van der Waals surface area contributed by atoms with Crippen molar-refractivity contribution in [3.63, 3.8) is 0 Å². The van der Waals surface area contributed by atoms with Crippen molar-refractivity contribution in [3.8, 4) is 0 Å². The summed E-state index contributed by atoms with van der Waals surface area (Å²) in [4.78, 5) is 23.1. The third kappa shape index (κ3) is 3.92. The van der Waals surface area contributed by atoms with Crippen LogP contribution in [0, 0.1) is 6.92 Å². The third-order valence-electron chi connectivity index (χ3n) is 3.18. The average Bonchev–Trinajstić information content (AvgIpc) is 2.47. The number of hydrogen-bond acceptors (Lipinski definition) is 2. The molecule has 0 aliphatic heterocycles. The van der Waals surface area contributed by atoms with Gasteiger partial charge in [-0.25, -0.2) is 4.79 Å². The highest BCUT2D eigenvalue weighted by molar-refractivity contribution is 6.04. The van der Waals surface area contributed by atoms with Crippen LogP contribution in [0.1, 0.15) is 31.8 Å². The number of hydrogen-bond donors (Lipinski definition) is 2. The van der Waals surface area contributed by atoms with E-state index in [9.17, 15) is 9.59 Å². The Balaban J connectivity index is 1.98. The average molecular weight is 283 g/mol. The molecule has 0 saturated heterocycles. The lowest BCUT2D eigenvalue weighted by molar-refractivity contribution is 0.0691. The Hall–Kier alpha value is -2.62. The first-order chi connectivity index (χ1) is 10.1. The van der Waals surface area contributed by atoms with Crippen molar-refractivity contribution in [1.29, 1.82) is 0 Å². The highest BCUT2D eigenvalue weighted by Crippen LogP contribution is 2.09. The summed E-state index contributed by atoms with van der Waals surface area (Å²) in [6, 6.07) is 14.3. The fourth-order valence-corrected chi connectivity index (χ4v) is 2.15. The van der Waals surface area contributed by atoms with Gasteiger partial charge in [0.25, 0.3) is 5.91 Å². The number of benzene rings is 2. The number of carbonyl (C=O) groups excluding carboxylic acids is 1. The lowest BCUT2D eigenvalue weighted by Crippen LogP contribution is -2.27. The zero-order chi connectivity index (χ0) is 15.2. The number of amides is 1. The van der Waals surface area contributed by atoms with E-state index in [-0.39, 0.29) is 17.0 Å². The summed E-state index contributed by atoms with van der Waals surface area (Å²) in [5.74, 6) is -1.46. The molecule has 0 heterocycles. The molecule has 108 valence electrons. The van der Waals surface area contributed by atoms with Crippen LogP contribution in [0.15, 0.2) is 48.5 Å². The number of carbonyl (C=O) groups is 2. The number of nitrogens with one attached hydrogen (secondary N) is 1. The second-order valence-electron chi connectivity index (χ2n) is 4.85. The Kier molecular flexibility index (Phi) is 4.72. The molecule has 2 N–H and O–H groups in total. The monoisotopic (exact) mass is 283 g/mol. The fraction of sp³-hybridized carbons (Fsp3) is 0.176. The van der Waals surface area contributed by atoms with E-state index in [2.05, 4.69) is 11.4 Å². The maximum Gasteiger partial charge on any atom is 0.336 e. The first-order valence-electron chi connectivity index (χ1n) is 6.74. The van der Waals surface area contributed by atoms with Gasteiger partial charge in [0.1, 0.15) is 0 Å². The van der Waals surface area contributed by atoms with Gasteiger partial charge in [0, 0.05) is 6.54 Å². The minimum absolute atomic E-state index is 0.0190. The zero-order valence-electron chi connectivity index (χ0n) is 11.8. The molecular formula is C17H17NO3. The smallest absolute Gasteiger partial charge is 0.336 e. The predicted molar refractivity (Wildman–Crippen MR) is 80.6 cm³/mol. The summed E-state index contributed by atoms with van der Waals surface area (Å²) >= 11 is 0. The molecule has 0 aliphatic rings. The Morgan fingerprint density at radius 1 is 1.05 bits per heavy atom.